The summed E-state index contributed by atoms with van der Waals surface area (Å²) < 4.78 is 5.16. The predicted octanol–water partition coefficient (Wildman–Crippen LogP) is 2.58. The summed E-state index contributed by atoms with van der Waals surface area (Å²) in [4.78, 5) is 14.3. The zero-order valence-corrected chi connectivity index (χ0v) is 13.1. The highest BCUT2D eigenvalue weighted by molar-refractivity contribution is 5.76. The summed E-state index contributed by atoms with van der Waals surface area (Å²) in [5.41, 5.74) is 1.14. The Morgan fingerprint density at radius 2 is 2.14 bits per heavy atom. The van der Waals surface area contributed by atoms with Gasteiger partial charge in [-0.2, -0.15) is 0 Å². The highest BCUT2D eigenvalue weighted by atomic mass is 16.5. The van der Waals surface area contributed by atoms with Crippen molar-refractivity contribution in [1.29, 1.82) is 0 Å². The summed E-state index contributed by atoms with van der Waals surface area (Å²) in [6.45, 7) is 4.57. The fraction of sp³-hybridized carbons (Fsp3) is 0.588. The van der Waals surface area contributed by atoms with Crippen molar-refractivity contribution < 1.29 is 9.53 Å². The van der Waals surface area contributed by atoms with E-state index < -0.39 is 0 Å². The van der Waals surface area contributed by atoms with Crippen LogP contribution in [-0.2, 0) is 11.3 Å². The van der Waals surface area contributed by atoms with Gasteiger partial charge < -0.3 is 15.0 Å². The zero-order valence-electron chi connectivity index (χ0n) is 13.1. The first kappa shape index (κ1) is 15.8. The number of amides is 1. The molecule has 1 unspecified atom stereocenters. The third-order valence-electron chi connectivity index (χ3n) is 4.14. The van der Waals surface area contributed by atoms with Gasteiger partial charge in [-0.1, -0.05) is 12.1 Å². The fourth-order valence-electron chi connectivity index (χ4n) is 2.79. The molecule has 0 aliphatic carbocycles. The Morgan fingerprint density at radius 1 is 1.38 bits per heavy atom. The van der Waals surface area contributed by atoms with Gasteiger partial charge in [0.15, 0.2) is 0 Å². The lowest BCUT2D eigenvalue weighted by atomic mass is 10.1. The Labute approximate surface area is 127 Å². The highest BCUT2D eigenvalue weighted by Gasteiger charge is 2.18. The number of hydrogen-bond acceptors (Lipinski definition) is 3. The topological polar surface area (TPSA) is 41.6 Å². The minimum Gasteiger partial charge on any atom is -0.497 e. The van der Waals surface area contributed by atoms with Gasteiger partial charge in [0.1, 0.15) is 5.75 Å². The molecule has 0 spiro atoms. The molecule has 1 aliphatic rings. The number of hydrogen-bond donors (Lipinski definition) is 1. The van der Waals surface area contributed by atoms with Crippen LogP contribution in [0.1, 0.15) is 38.2 Å². The molecular weight excluding hydrogens is 264 g/mol. The molecule has 0 radical (unpaired) electrons. The second-order valence-electron chi connectivity index (χ2n) is 5.59. The van der Waals surface area contributed by atoms with Crippen molar-refractivity contribution in [3.63, 3.8) is 0 Å². The summed E-state index contributed by atoms with van der Waals surface area (Å²) in [6.07, 6.45) is 4.04. The molecule has 1 atom stereocenters. The van der Waals surface area contributed by atoms with Crippen LogP contribution in [-0.4, -0.2) is 37.0 Å². The van der Waals surface area contributed by atoms with E-state index in [-0.39, 0.29) is 5.91 Å². The van der Waals surface area contributed by atoms with Crippen molar-refractivity contribution in [2.75, 3.05) is 20.2 Å². The van der Waals surface area contributed by atoms with E-state index in [0.717, 1.165) is 30.8 Å². The highest BCUT2D eigenvalue weighted by Crippen LogP contribution is 2.15. The van der Waals surface area contributed by atoms with E-state index in [9.17, 15) is 4.79 Å². The number of ether oxygens (including phenoxy) is 1. The van der Waals surface area contributed by atoms with Crippen LogP contribution in [0.25, 0.3) is 0 Å². The average molecular weight is 290 g/mol. The molecule has 4 heteroatoms. The Bertz CT molecular complexity index is 439. The number of nitrogens with one attached hydrogen (secondary N) is 1. The number of rotatable bonds is 7. The van der Waals surface area contributed by atoms with Crippen LogP contribution in [0.15, 0.2) is 24.3 Å². The first-order valence-electron chi connectivity index (χ1n) is 7.87. The molecule has 1 aromatic carbocycles. The van der Waals surface area contributed by atoms with Gasteiger partial charge in [-0.05, 0) is 50.4 Å². The molecule has 1 N–H and O–H groups in total. The average Bonchev–Trinajstić information content (AvgIpc) is 3.04. The zero-order chi connectivity index (χ0) is 15.1. The molecule has 0 saturated carbocycles. The van der Waals surface area contributed by atoms with Gasteiger partial charge in [-0.3, -0.25) is 4.79 Å². The quantitative estimate of drug-likeness (QED) is 0.839. The van der Waals surface area contributed by atoms with Crippen molar-refractivity contribution in [2.24, 2.45) is 0 Å². The van der Waals surface area contributed by atoms with Crippen LogP contribution in [0.3, 0.4) is 0 Å². The summed E-state index contributed by atoms with van der Waals surface area (Å²) >= 11 is 0. The molecule has 1 aliphatic heterocycles. The summed E-state index contributed by atoms with van der Waals surface area (Å²) in [6, 6.07) is 8.46. The second kappa shape index (κ2) is 8.03. The molecule has 1 fully saturated rings. The Hall–Kier alpha value is -1.55. The second-order valence-corrected chi connectivity index (χ2v) is 5.59. The number of nitrogens with zero attached hydrogens (tertiary/aromatic N) is 1. The molecule has 0 aromatic heterocycles. The van der Waals surface area contributed by atoms with E-state index in [1.807, 2.05) is 36.1 Å². The third kappa shape index (κ3) is 4.74. The maximum atomic E-state index is 12.3. The van der Waals surface area contributed by atoms with Crippen LogP contribution in [0.2, 0.25) is 0 Å². The van der Waals surface area contributed by atoms with Crippen molar-refractivity contribution in [2.45, 2.75) is 45.2 Å². The van der Waals surface area contributed by atoms with Crippen molar-refractivity contribution in [3.05, 3.63) is 29.8 Å². The maximum absolute atomic E-state index is 12.3. The number of benzene rings is 1. The van der Waals surface area contributed by atoms with Crippen LogP contribution >= 0.6 is 0 Å². The first-order chi connectivity index (χ1) is 10.2. The number of carbonyl (C=O) groups excluding carboxylic acids is 1. The molecule has 0 bridgehead atoms. The van der Waals surface area contributed by atoms with E-state index in [1.165, 1.54) is 12.8 Å². The molecule has 21 heavy (non-hydrogen) atoms. The Kier molecular flexibility index (Phi) is 6.05. The van der Waals surface area contributed by atoms with E-state index in [0.29, 0.717) is 19.0 Å². The molecular formula is C17H26N2O2. The maximum Gasteiger partial charge on any atom is 0.222 e. The fourth-order valence-corrected chi connectivity index (χ4v) is 2.79. The predicted molar refractivity (Wildman–Crippen MR) is 84.3 cm³/mol. The normalized spacial score (nSPS) is 17.7. The largest absolute Gasteiger partial charge is 0.497 e. The summed E-state index contributed by atoms with van der Waals surface area (Å²) in [7, 11) is 1.66. The monoisotopic (exact) mass is 290 g/mol. The number of carbonyl (C=O) groups is 1. The van der Waals surface area contributed by atoms with E-state index in [2.05, 4.69) is 5.32 Å². The van der Waals surface area contributed by atoms with Gasteiger partial charge in [-0.25, -0.2) is 0 Å². The first-order valence-corrected chi connectivity index (χ1v) is 7.87. The molecule has 1 aromatic rings. The van der Waals surface area contributed by atoms with Gasteiger partial charge >= 0.3 is 0 Å². The molecule has 116 valence electrons. The van der Waals surface area contributed by atoms with Crippen molar-refractivity contribution in [1.82, 2.24) is 10.2 Å². The Morgan fingerprint density at radius 3 is 2.71 bits per heavy atom. The van der Waals surface area contributed by atoms with Gasteiger partial charge in [0.2, 0.25) is 5.91 Å². The lowest BCUT2D eigenvalue weighted by Gasteiger charge is -2.22. The van der Waals surface area contributed by atoms with E-state index in [4.69, 9.17) is 4.74 Å². The van der Waals surface area contributed by atoms with Crippen molar-refractivity contribution in [3.8, 4) is 5.75 Å². The standard InChI is InChI=1S/C17H26N2O2/c1-3-19(13-14-6-9-16(21-2)10-7-14)17(20)11-8-15-5-4-12-18-15/h6-7,9-10,15,18H,3-5,8,11-13H2,1-2H3. The molecule has 2 rings (SSSR count). The SMILES string of the molecule is CCN(Cc1ccc(OC)cc1)C(=O)CCC1CCCN1. The van der Waals surface area contributed by atoms with Crippen LogP contribution in [0.4, 0.5) is 0 Å². The van der Waals surface area contributed by atoms with E-state index >= 15 is 0 Å². The minimum absolute atomic E-state index is 0.252. The van der Waals surface area contributed by atoms with Gasteiger partial charge in [0.25, 0.3) is 0 Å². The van der Waals surface area contributed by atoms with Crippen molar-refractivity contribution >= 4 is 5.91 Å². The smallest absolute Gasteiger partial charge is 0.222 e. The molecule has 1 amide bonds. The number of methoxy groups -OCH3 is 1. The lowest BCUT2D eigenvalue weighted by molar-refractivity contribution is -0.131. The Balaban J connectivity index is 1.83. The molecule has 1 heterocycles. The molecule has 4 nitrogen and oxygen atoms in total. The summed E-state index contributed by atoms with van der Waals surface area (Å²) in [5, 5.41) is 3.45. The molecule has 1 saturated heterocycles. The van der Waals surface area contributed by atoms with Gasteiger partial charge in [0.05, 0.1) is 7.11 Å². The lowest BCUT2D eigenvalue weighted by Crippen LogP contribution is -2.32. The van der Waals surface area contributed by atoms with Gasteiger partial charge in [-0.15, -0.1) is 0 Å². The van der Waals surface area contributed by atoms with E-state index in [1.54, 1.807) is 7.11 Å². The van der Waals surface area contributed by atoms with Crippen LogP contribution in [0, 0.1) is 0 Å². The third-order valence-corrected chi connectivity index (χ3v) is 4.14. The van der Waals surface area contributed by atoms with Crippen LogP contribution < -0.4 is 10.1 Å². The van der Waals surface area contributed by atoms with Gasteiger partial charge in [0, 0.05) is 25.6 Å². The minimum atomic E-state index is 0.252. The van der Waals surface area contributed by atoms with Crippen LogP contribution in [0.5, 0.6) is 5.75 Å². The summed E-state index contributed by atoms with van der Waals surface area (Å²) in [5.74, 6) is 1.10.